The first-order valence-electron chi connectivity index (χ1n) is 10.8. The maximum Gasteiger partial charge on any atom is 0.272 e. The van der Waals surface area contributed by atoms with Gasteiger partial charge >= 0.3 is 0 Å². The quantitative estimate of drug-likeness (QED) is 0.413. The number of rotatable bonds is 7. The lowest BCUT2D eigenvalue weighted by Gasteiger charge is -2.14. The van der Waals surface area contributed by atoms with Gasteiger partial charge in [0, 0.05) is 25.5 Å². The van der Waals surface area contributed by atoms with Crippen LogP contribution in [-0.4, -0.2) is 56.5 Å². The number of hydrogen-bond donors (Lipinski definition) is 1. The number of furan rings is 1. The second kappa shape index (κ2) is 8.47. The van der Waals surface area contributed by atoms with Crippen LogP contribution >= 0.6 is 0 Å². The third kappa shape index (κ3) is 4.28. The number of carbonyl (C=O) groups is 1. The molecule has 172 valence electrons. The lowest BCUT2D eigenvalue weighted by Crippen LogP contribution is -2.26. The number of aryl methyl sites for hydroxylation is 2. The fourth-order valence-electron chi connectivity index (χ4n) is 4.32. The molecular formula is C22H24N6O4S. The Morgan fingerprint density at radius 2 is 2.21 bits per heavy atom. The lowest BCUT2D eigenvalue weighted by molar-refractivity contribution is 0.0949. The summed E-state index contributed by atoms with van der Waals surface area (Å²) in [4.78, 5) is 26.3. The molecule has 0 saturated carbocycles. The molecular weight excluding hydrogens is 444 g/mol. The summed E-state index contributed by atoms with van der Waals surface area (Å²) in [6.07, 6.45) is 8.12. The molecule has 0 bridgehead atoms. The van der Waals surface area contributed by atoms with Gasteiger partial charge in [0.25, 0.3) is 5.91 Å². The Kier molecular flexibility index (Phi) is 5.49. The Bertz CT molecular complexity index is 1390. The van der Waals surface area contributed by atoms with Gasteiger partial charge in [0.05, 0.1) is 35.7 Å². The summed E-state index contributed by atoms with van der Waals surface area (Å²) in [6, 6.07) is 5.12. The summed E-state index contributed by atoms with van der Waals surface area (Å²) in [5.74, 6) is 1.06. The predicted octanol–water partition coefficient (Wildman–Crippen LogP) is 2.38. The summed E-state index contributed by atoms with van der Waals surface area (Å²) < 4.78 is 33.6. The van der Waals surface area contributed by atoms with Crippen LogP contribution in [-0.2, 0) is 16.4 Å². The topological polar surface area (TPSA) is 125 Å². The number of carbonyl (C=O) groups excluding carboxylic acids is 1. The third-order valence-corrected chi connectivity index (χ3v) is 7.60. The molecule has 0 spiro atoms. The van der Waals surface area contributed by atoms with Crippen LogP contribution in [0.2, 0.25) is 0 Å². The molecule has 10 nitrogen and oxygen atoms in total. The number of sulfone groups is 1. The van der Waals surface area contributed by atoms with Gasteiger partial charge in [-0.25, -0.2) is 23.4 Å². The van der Waals surface area contributed by atoms with E-state index in [2.05, 4.69) is 20.3 Å². The van der Waals surface area contributed by atoms with Crippen molar-refractivity contribution in [1.29, 1.82) is 0 Å². The maximum absolute atomic E-state index is 13.1. The minimum atomic E-state index is -3.09. The summed E-state index contributed by atoms with van der Waals surface area (Å²) in [5, 5.41) is 2.93. The molecule has 1 aliphatic heterocycles. The highest BCUT2D eigenvalue weighted by Gasteiger charge is 2.32. The SMILES string of the molecule is Cc1nc2c(C(=O)NCCCn3ccnc3)nc(-c3ccco3)cc2n1C1CCS(=O)(=O)C1. The molecule has 1 unspecified atom stereocenters. The van der Waals surface area contributed by atoms with Crippen LogP contribution in [0.15, 0.2) is 47.6 Å². The normalized spacial score (nSPS) is 17.5. The first-order valence-corrected chi connectivity index (χ1v) is 12.6. The standard InChI is InChI=1S/C22H24N6O4S/c1-15-25-20-18(28(15)16-5-11-33(30,31)13-16)12-17(19-4-2-10-32-19)26-21(20)22(29)24-6-3-8-27-9-7-23-14-27/h2,4,7,9-10,12,14,16H,3,5-6,8,11,13H2,1H3,(H,24,29). The molecule has 0 aliphatic carbocycles. The van der Waals surface area contributed by atoms with Crippen molar-refractivity contribution < 1.29 is 17.6 Å². The van der Waals surface area contributed by atoms with Gasteiger partial charge in [-0.1, -0.05) is 0 Å². The average Bonchev–Trinajstić information content (AvgIpc) is 3.57. The van der Waals surface area contributed by atoms with Crippen molar-refractivity contribution in [3.8, 4) is 11.5 Å². The van der Waals surface area contributed by atoms with Crippen molar-refractivity contribution in [3.05, 3.63) is 54.7 Å². The Morgan fingerprint density at radius 3 is 2.91 bits per heavy atom. The Labute approximate surface area is 190 Å². The van der Waals surface area contributed by atoms with Gasteiger partial charge in [-0.15, -0.1) is 0 Å². The first-order chi connectivity index (χ1) is 15.9. The largest absolute Gasteiger partial charge is 0.463 e. The lowest BCUT2D eigenvalue weighted by atomic mass is 10.2. The van der Waals surface area contributed by atoms with Crippen LogP contribution in [0.3, 0.4) is 0 Å². The predicted molar refractivity (Wildman–Crippen MR) is 121 cm³/mol. The molecule has 4 aromatic heterocycles. The molecule has 5 heterocycles. The van der Waals surface area contributed by atoms with E-state index in [0.717, 1.165) is 13.0 Å². The van der Waals surface area contributed by atoms with Crippen LogP contribution < -0.4 is 5.32 Å². The van der Waals surface area contributed by atoms with Gasteiger partial charge in [-0.3, -0.25) is 4.79 Å². The number of nitrogens with zero attached hydrogens (tertiary/aromatic N) is 5. The zero-order chi connectivity index (χ0) is 23.0. The summed E-state index contributed by atoms with van der Waals surface area (Å²) in [5.41, 5.74) is 1.83. The van der Waals surface area contributed by atoms with Crippen molar-refractivity contribution in [3.63, 3.8) is 0 Å². The Balaban J connectivity index is 1.49. The van der Waals surface area contributed by atoms with Crippen molar-refractivity contribution in [1.82, 2.24) is 29.4 Å². The van der Waals surface area contributed by atoms with E-state index < -0.39 is 9.84 Å². The third-order valence-electron chi connectivity index (χ3n) is 5.85. The maximum atomic E-state index is 13.1. The zero-order valence-corrected chi connectivity index (χ0v) is 19.0. The molecule has 1 saturated heterocycles. The monoisotopic (exact) mass is 468 g/mol. The average molecular weight is 469 g/mol. The smallest absolute Gasteiger partial charge is 0.272 e. The van der Waals surface area contributed by atoms with E-state index in [-0.39, 0.29) is 29.1 Å². The summed E-state index contributed by atoms with van der Waals surface area (Å²) in [6.45, 7) is 3.02. The highest BCUT2D eigenvalue weighted by molar-refractivity contribution is 7.91. The molecule has 1 aliphatic rings. The van der Waals surface area contributed by atoms with Crippen molar-refractivity contribution in [2.45, 2.75) is 32.4 Å². The van der Waals surface area contributed by atoms with Crippen molar-refractivity contribution >= 4 is 26.8 Å². The number of fused-ring (bicyclic) bond motifs is 1. The molecule has 0 aromatic carbocycles. The van der Waals surface area contributed by atoms with Crippen LogP contribution in [0.1, 0.15) is 35.2 Å². The van der Waals surface area contributed by atoms with Crippen LogP contribution in [0.4, 0.5) is 0 Å². The van der Waals surface area contributed by atoms with Gasteiger partial charge in [0.15, 0.2) is 21.3 Å². The van der Waals surface area contributed by atoms with E-state index >= 15 is 0 Å². The molecule has 33 heavy (non-hydrogen) atoms. The van der Waals surface area contributed by atoms with Gasteiger partial charge in [-0.2, -0.15) is 0 Å². The van der Waals surface area contributed by atoms with E-state index in [0.29, 0.717) is 41.3 Å². The van der Waals surface area contributed by atoms with E-state index in [1.165, 1.54) is 0 Å². The highest BCUT2D eigenvalue weighted by atomic mass is 32.2. The fraction of sp³-hybridized carbons (Fsp3) is 0.364. The molecule has 4 aromatic rings. The molecule has 1 fully saturated rings. The first kappa shape index (κ1) is 21.4. The van der Waals surface area contributed by atoms with Gasteiger partial charge in [0.2, 0.25) is 0 Å². The Morgan fingerprint density at radius 1 is 1.33 bits per heavy atom. The van der Waals surface area contributed by atoms with Gasteiger partial charge < -0.3 is 18.9 Å². The number of aromatic nitrogens is 5. The second-order valence-electron chi connectivity index (χ2n) is 8.20. The minimum absolute atomic E-state index is 0.0630. The van der Waals surface area contributed by atoms with Crippen LogP contribution in [0, 0.1) is 6.92 Å². The molecule has 5 rings (SSSR count). The number of amides is 1. The number of nitrogens with one attached hydrogen (secondary N) is 1. The van der Waals surface area contributed by atoms with E-state index in [9.17, 15) is 13.2 Å². The molecule has 11 heteroatoms. The van der Waals surface area contributed by atoms with Crippen molar-refractivity contribution in [2.75, 3.05) is 18.1 Å². The Hall–Kier alpha value is -3.47. The molecule has 1 amide bonds. The van der Waals surface area contributed by atoms with Crippen LogP contribution in [0.5, 0.6) is 0 Å². The van der Waals surface area contributed by atoms with E-state index in [1.807, 2.05) is 28.3 Å². The van der Waals surface area contributed by atoms with Gasteiger partial charge in [-0.05, 0) is 38.0 Å². The number of imidazole rings is 2. The molecule has 1 N–H and O–H groups in total. The fourth-order valence-corrected chi connectivity index (χ4v) is 6.02. The van der Waals surface area contributed by atoms with Gasteiger partial charge in [0.1, 0.15) is 17.0 Å². The molecule has 0 radical (unpaired) electrons. The number of pyridine rings is 1. The van der Waals surface area contributed by atoms with E-state index in [1.54, 1.807) is 30.9 Å². The minimum Gasteiger partial charge on any atom is -0.463 e. The molecule has 1 atom stereocenters. The van der Waals surface area contributed by atoms with Crippen molar-refractivity contribution in [2.24, 2.45) is 0 Å². The van der Waals surface area contributed by atoms with E-state index in [4.69, 9.17) is 4.42 Å². The summed E-state index contributed by atoms with van der Waals surface area (Å²) >= 11 is 0. The second-order valence-corrected chi connectivity index (χ2v) is 10.4. The summed E-state index contributed by atoms with van der Waals surface area (Å²) in [7, 11) is -3.09. The number of hydrogen-bond acceptors (Lipinski definition) is 7. The van der Waals surface area contributed by atoms with Crippen LogP contribution in [0.25, 0.3) is 22.5 Å². The zero-order valence-electron chi connectivity index (χ0n) is 18.1. The highest BCUT2D eigenvalue weighted by Crippen LogP contribution is 2.32.